The molecule has 104 valence electrons. The topological polar surface area (TPSA) is 38.3 Å². The minimum atomic E-state index is -0.443. The van der Waals surface area contributed by atoms with Crippen LogP contribution in [-0.2, 0) is 4.79 Å². The molecule has 1 fully saturated rings. The van der Waals surface area contributed by atoms with Crippen LogP contribution in [-0.4, -0.2) is 18.1 Å². The number of hydrogen-bond acceptors (Lipinski definition) is 2. The highest BCUT2D eigenvalue weighted by molar-refractivity contribution is 5.81. The van der Waals surface area contributed by atoms with E-state index in [9.17, 15) is 4.79 Å². The molecule has 0 heterocycles. The highest BCUT2D eigenvalue weighted by Gasteiger charge is 2.21. The molecular formula is C16H23NO2. The first-order valence-electron chi connectivity index (χ1n) is 7.10. The van der Waals surface area contributed by atoms with E-state index in [1.165, 1.54) is 12.8 Å². The van der Waals surface area contributed by atoms with E-state index in [0.717, 1.165) is 29.7 Å². The summed E-state index contributed by atoms with van der Waals surface area (Å²) < 4.78 is 5.74. The predicted octanol–water partition coefficient (Wildman–Crippen LogP) is 3.13. The summed E-state index contributed by atoms with van der Waals surface area (Å²) in [5.74, 6) is 0.762. The Morgan fingerprint density at radius 2 is 1.79 bits per heavy atom. The minimum Gasteiger partial charge on any atom is -0.481 e. The van der Waals surface area contributed by atoms with E-state index in [0.29, 0.717) is 6.04 Å². The van der Waals surface area contributed by atoms with E-state index in [4.69, 9.17) is 4.74 Å². The van der Waals surface area contributed by atoms with Crippen LogP contribution in [0, 0.1) is 13.8 Å². The molecule has 1 amide bonds. The fourth-order valence-corrected chi connectivity index (χ4v) is 2.65. The molecule has 0 radical (unpaired) electrons. The Balaban J connectivity index is 1.91. The molecular weight excluding hydrogens is 238 g/mol. The standard InChI is InChI=1S/C16H23NO2/c1-11-8-12(2)10-15(9-11)19-13(3)16(18)17-14-6-4-5-7-14/h8-10,13-14H,4-7H2,1-3H3,(H,17,18)/t13-/m0/s1. The van der Waals surface area contributed by atoms with Crippen molar-refractivity contribution in [3.05, 3.63) is 29.3 Å². The monoisotopic (exact) mass is 261 g/mol. The first-order chi connectivity index (χ1) is 9.04. The van der Waals surface area contributed by atoms with Gasteiger partial charge in [-0.2, -0.15) is 0 Å². The SMILES string of the molecule is Cc1cc(C)cc(O[C@@H](C)C(=O)NC2CCCC2)c1. The maximum absolute atomic E-state index is 12.0. The van der Waals surface area contributed by atoms with Crippen LogP contribution < -0.4 is 10.1 Å². The number of carbonyl (C=O) groups excluding carboxylic acids is 1. The fourth-order valence-electron chi connectivity index (χ4n) is 2.65. The molecule has 1 aliphatic rings. The summed E-state index contributed by atoms with van der Waals surface area (Å²) in [7, 11) is 0. The van der Waals surface area contributed by atoms with E-state index in [1.54, 1.807) is 0 Å². The quantitative estimate of drug-likeness (QED) is 0.904. The lowest BCUT2D eigenvalue weighted by atomic mass is 10.1. The van der Waals surface area contributed by atoms with Gasteiger partial charge >= 0.3 is 0 Å². The largest absolute Gasteiger partial charge is 0.481 e. The van der Waals surface area contributed by atoms with Gasteiger partial charge in [-0.25, -0.2) is 0 Å². The Morgan fingerprint density at radius 3 is 2.37 bits per heavy atom. The van der Waals surface area contributed by atoms with Crippen LogP contribution in [0.2, 0.25) is 0 Å². The van der Waals surface area contributed by atoms with Gasteiger partial charge in [0.05, 0.1) is 0 Å². The van der Waals surface area contributed by atoms with Crippen molar-refractivity contribution in [2.24, 2.45) is 0 Å². The zero-order chi connectivity index (χ0) is 13.8. The molecule has 0 bridgehead atoms. The van der Waals surface area contributed by atoms with Crippen LogP contribution in [0.3, 0.4) is 0 Å². The van der Waals surface area contributed by atoms with Gasteiger partial charge in [-0.15, -0.1) is 0 Å². The summed E-state index contributed by atoms with van der Waals surface area (Å²) in [5.41, 5.74) is 2.30. The van der Waals surface area contributed by atoms with E-state index in [1.807, 2.05) is 32.9 Å². The second-order valence-corrected chi connectivity index (χ2v) is 5.57. The van der Waals surface area contributed by atoms with E-state index < -0.39 is 6.10 Å². The molecule has 1 aromatic rings. The molecule has 0 aromatic heterocycles. The minimum absolute atomic E-state index is 0.00828. The molecule has 0 unspecified atom stereocenters. The Kier molecular flexibility index (Phi) is 4.46. The number of carbonyl (C=O) groups is 1. The van der Waals surface area contributed by atoms with E-state index in [-0.39, 0.29) is 5.91 Å². The normalized spacial score (nSPS) is 17.2. The highest BCUT2D eigenvalue weighted by atomic mass is 16.5. The van der Waals surface area contributed by atoms with Gasteiger partial charge in [0.1, 0.15) is 5.75 Å². The van der Waals surface area contributed by atoms with E-state index in [2.05, 4.69) is 11.4 Å². The molecule has 1 aliphatic carbocycles. The third-order valence-corrected chi connectivity index (χ3v) is 3.58. The van der Waals surface area contributed by atoms with Crippen molar-refractivity contribution in [3.8, 4) is 5.75 Å². The van der Waals surface area contributed by atoms with Crippen molar-refractivity contribution in [3.63, 3.8) is 0 Å². The van der Waals surface area contributed by atoms with Crippen molar-refractivity contribution in [2.75, 3.05) is 0 Å². The highest BCUT2D eigenvalue weighted by Crippen LogP contribution is 2.19. The zero-order valence-electron chi connectivity index (χ0n) is 12.0. The van der Waals surface area contributed by atoms with Gasteiger partial charge in [-0.3, -0.25) is 4.79 Å². The predicted molar refractivity (Wildman–Crippen MR) is 76.4 cm³/mol. The maximum atomic E-state index is 12.0. The second-order valence-electron chi connectivity index (χ2n) is 5.57. The number of ether oxygens (including phenoxy) is 1. The smallest absolute Gasteiger partial charge is 0.260 e. The summed E-state index contributed by atoms with van der Waals surface area (Å²) >= 11 is 0. The summed E-state index contributed by atoms with van der Waals surface area (Å²) in [5, 5.41) is 3.06. The van der Waals surface area contributed by atoms with Gasteiger partial charge in [0, 0.05) is 6.04 Å². The molecule has 1 atom stereocenters. The lowest BCUT2D eigenvalue weighted by Gasteiger charge is -2.18. The molecule has 19 heavy (non-hydrogen) atoms. The Morgan fingerprint density at radius 1 is 1.21 bits per heavy atom. The molecule has 1 aromatic carbocycles. The first kappa shape index (κ1) is 13.9. The average Bonchev–Trinajstić information content (AvgIpc) is 2.80. The third kappa shape index (κ3) is 3.98. The number of amides is 1. The van der Waals surface area contributed by atoms with Gasteiger partial charge in [0.2, 0.25) is 0 Å². The van der Waals surface area contributed by atoms with Crippen LogP contribution in [0.15, 0.2) is 18.2 Å². The van der Waals surface area contributed by atoms with Gasteiger partial charge < -0.3 is 10.1 Å². The van der Waals surface area contributed by atoms with Gasteiger partial charge in [-0.05, 0) is 56.9 Å². The van der Waals surface area contributed by atoms with Gasteiger partial charge in [0.15, 0.2) is 6.10 Å². The van der Waals surface area contributed by atoms with Crippen molar-refractivity contribution in [1.82, 2.24) is 5.32 Å². The van der Waals surface area contributed by atoms with Crippen molar-refractivity contribution >= 4 is 5.91 Å². The second kappa shape index (κ2) is 6.09. The molecule has 2 rings (SSSR count). The number of rotatable bonds is 4. The van der Waals surface area contributed by atoms with Crippen LogP contribution in [0.5, 0.6) is 5.75 Å². The molecule has 0 saturated heterocycles. The molecule has 0 aliphatic heterocycles. The van der Waals surface area contributed by atoms with Crippen molar-refractivity contribution in [2.45, 2.75) is 58.6 Å². The van der Waals surface area contributed by atoms with Crippen LogP contribution in [0.1, 0.15) is 43.7 Å². The van der Waals surface area contributed by atoms with Crippen molar-refractivity contribution < 1.29 is 9.53 Å². The average molecular weight is 261 g/mol. The lowest BCUT2D eigenvalue weighted by Crippen LogP contribution is -2.41. The fraction of sp³-hybridized carbons (Fsp3) is 0.562. The van der Waals surface area contributed by atoms with Crippen molar-refractivity contribution in [1.29, 1.82) is 0 Å². The number of aryl methyl sites for hydroxylation is 2. The maximum Gasteiger partial charge on any atom is 0.260 e. The molecule has 3 nitrogen and oxygen atoms in total. The Bertz CT molecular complexity index is 430. The van der Waals surface area contributed by atoms with Gasteiger partial charge in [0.25, 0.3) is 5.91 Å². The molecule has 0 spiro atoms. The number of benzene rings is 1. The van der Waals surface area contributed by atoms with Crippen LogP contribution >= 0.6 is 0 Å². The summed E-state index contributed by atoms with van der Waals surface area (Å²) in [6.45, 7) is 5.87. The summed E-state index contributed by atoms with van der Waals surface area (Å²) in [6, 6.07) is 6.37. The van der Waals surface area contributed by atoms with Crippen LogP contribution in [0.4, 0.5) is 0 Å². The molecule has 3 heteroatoms. The Labute approximate surface area is 115 Å². The third-order valence-electron chi connectivity index (χ3n) is 3.58. The summed E-state index contributed by atoms with van der Waals surface area (Å²) in [6.07, 6.45) is 4.19. The number of nitrogens with one attached hydrogen (secondary N) is 1. The lowest BCUT2D eigenvalue weighted by molar-refractivity contribution is -0.127. The van der Waals surface area contributed by atoms with Gasteiger partial charge in [-0.1, -0.05) is 18.9 Å². The number of hydrogen-bond donors (Lipinski definition) is 1. The zero-order valence-corrected chi connectivity index (χ0v) is 12.0. The van der Waals surface area contributed by atoms with E-state index >= 15 is 0 Å². The van der Waals surface area contributed by atoms with Crippen LogP contribution in [0.25, 0.3) is 0 Å². The first-order valence-corrected chi connectivity index (χ1v) is 7.10. The molecule has 1 N–H and O–H groups in total. The molecule has 1 saturated carbocycles. The summed E-state index contributed by atoms with van der Waals surface area (Å²) in [4.78, 5) is 12.0. The Hall–Kier alpha value is -1.51.